The molecule has 3 aromatic carbocycles. The number of carbonyl (C=O) groups is 1. The third kappa shape index (κ3) is 3.53. The normalized spacial score (nSPS) is 11.8. The summed E-state index contributed by atoms with van der Waals surface area (Å²) in [6, 6.07) is 27.7. The molecule has 2 aromatic heterocycles. The maximum atomic E-state index is 13.3. The SMILES string of the molecule is CCn1c2ccccc2c2cc(NC(=O)/C(=C/c3ccco3)c3ccccc3)ccc21. The van der Waals surface area contributed by atoms with E-state index in [-0.39, 0.29) is 5.91 Å². The highest BCUT2D eigenvalue weighted by Gasteiger charge is 2.15. The summed E-state index contributed by atoms with van der Waals surface area (Å²) in [6.07, 6.45) is 3.37. The third-order valence-electron chi connectivity index (χ3n) is 5.51. The lowest BCUT2D eigenvalue weighted by molar-refractivity contribution is -0.111. The minimum Gasteiger partial charge on any atom is -0.465 e. The van der Waals surface area contributed by atoms with Gasteiger partial charge in [-0.05, 0) is 55.0 Å². The molecule has 4 heteroatoms. The molecule has 0 fully saturated rings. The maximum Gasteiger partial charge on any atom is 0.256 e. The highest BCUT2D eigenvalue weighted by molar-refractivity contribution is 6.29. The summed E-state index contributed by atoms with van der Waals surface area (Å²) in [5.41, 5.74) is 4.51. The summed E-state index contributed by atoms with van der Waals surface area (Å²) >= 11 is 0. The van der Waals surface area contributed by atoms with E-state index in [1.807, 2.05) is 54.6 Å². The molecule has 0 aliphatic rings. The predicted molar refractivity (Wildman–Crippen MR) is 127 cm³/mol. The Hall–Kier alpha value is -4.05. The first-order valence-electron chi connectivity index (χ1n) is 10.4. The van der Waals surface area contributed by atoms with Gasteiger partial charge < -0.3 is 14.3 Å². The van der Waals surface area contributed by atoms with Gasteiger partial charge in [0.2, 0.25) is 0 Å². The van der Waals surface area contributed by atoms with E-state index in [4.69, 9.17) is 4.42 Å². The number of carbonyl (C=O) groups excluding carboxylic acids is 1. The average Bonchev–Trinajstić information content (AvgIpc) is 3.43. The Morgan fingerprint density at radius 1 is 0.903 bits per heavy atom. The number of para-hydroxylation sites is 1. The van der Waals surface area contributed by atoms with Crippen LogP contribution in [-0.2, 0) is 11.3 Å². The standard InChI is InChI=1S/C27H22N2O2/c1-2-29-25-13-7-6-12-22(25)24-17-20(14-15-26(24)29)28-27(30)23(18-21-11-8-16-31-21)19-9-4-3-5-10-19/h3-18H,2H2,1H3,(H,28,30)/b23-18+. The first kappa shape index (κ1) is 18.9. The van der Waals surface area contributed by atoms with Crippen LogP contribution < -0.4 is 5.32 Å². The second-order valence-corrected chi connectivity index (χ2v) is 7.39. The van der Waals surface area contributed by atoms with Crippen molar-refractivity contribution in [2.24, 2.45) is 0 Å². The van der Waals surface area contributed by atoms with Gasteiger partial charge in [0.15, 0.2) is 0 Å². The number of nitrogens with zero attached hydrogens (tertiary/aromatic N) is 1. The summed E-state index contributed by atoms with van der Waals surface area (Å²) in [6.45, 7) is 3.03. The number of aromatic nitrogens is 1. The zero-order chi connectivity index (χ0) is 21.2. The first-order chi connectivity index (χ1) is 15.2. The average molecular weight is 406 g/mol. The fraction of sp³-hybridized carbons (Fsp3) is 0.0741. The monoisotopic (exact) mass is 406 g/mol. The van der Waals surface area contributed by atoms with Crippen LogP contribution in [0, 0.1) is 0 Å². The lowest BCUT2D eigenvalue weighted by atomic mass is 10.0. The van der Waals surface area contributed by atoms with E-state index in [9.17, 15) is 4.79 Å². The molecule has 0 saturated heterocycles. The van der Waals surface area contributed by atoms with Crippen molar-refractivity contribution in [2.45, 2.75) is 13.5 Å². The van der Waals surface area contributed by atoms with Crippen molar-refractivity contribution in [2.75, 3.05) is 5.32 Å². The van der Waals surface area contributed by atoms with E-state index < -0.39 is 0 Å². The molecule has 0 radical (unpaired) electrons. The zero-order valence-corrected chi connectivity index (χ0v) is 17.2. The predicted octanol–water partition coefficient (Wildman–Crippen LogP) is 6.59. The molecule has 0 aliphatic carbocycles. The van der Waals surface area contributed by atoms with Crippen molar-refractivity contribution >= 4 is 45.0 Å². The van der Waals surface area contributed by atoms with E-state index in [1.54, 1.807) is 12.3 Å². The van der Waals surface area contributed by atoms with Gasteiger partial charge in [-0.2, -0.15) is 0 Å². The molecule has 0 bridgehead atoms. The van der Waals surface area contributed by atoms with Crippen LogP contribution in [0.2, 0.25) is 0 Å². The topological polar surface area (TPSA) is 47.2 Å². The van der Waals surface area contributed by atoms with Crippen molar-refractivity contribution < 1.29 is 9.21 Å². The number of hydrogen-bond donors (Lipinski definition) is 1. The summed E-state index contributed by atoms with van der Waals surface area (Å²) < 4.78 is 7.74. The number of benzene rings is 3. The van der Waals surface area contributed by atoms with E-state index in [1.165, 1.54) is 10.9 Å². The van der Waals surface area contributed by atoms with Crippen LogP contribution in [0.15, 0.2) is 95.6 Å². The van der Waals surface area contributed by atoms with Gasteiger partial charge in [0.05, 0.1) is 11.8 Å². The second kappa shape index (κ2) is 8.00. The number of rotatable bonds is 5. The van der Waals surface area contributed by atoms with Crippen molar-refractivity contribution in [1.29, 1.82) is 0 Å². The quantitative estimate of drug-likeness (QED) is 0.335. The zero-order valence-electron chi connectivity index (χ0n) is 17.2. The summed E-state index contributed by atoms with van der Waals surface area (Å²) in [7, 11) is 0. The van der Waals surface area contributed by atoms with Gasteiger partial charge in [-0.25, -0.2) is 0 Å². The van der Waals surface area contributed by atoms with Crippen LogP contribution in [0.3, 0.4) is 0 Å². The molecule has 1 amide bonds. The molecule has 5 aromatic rings. The summed E-state index contributed by atoms with van der Waals surface area (Å²) in [5, 5.41) is 5.40. The van der Waals surface area contributed by atoms with Gasteiger partial charge in [-0.15, -0.1) is 0 Å². The highest BCUT2D eigenvalue weighted by atomic mass is 16.3. The molecule has 1 N–H and O–H groups in total. The molecule has 152 valence electrons. The Bertz CT molecular complexity index is 1390. The smallest absolute Gasteiger partial charge is 0.256 e. The molecule has 2 heterocycles. The van der Waals surface area contributed by atoms with Gasteiger partial charge in [-0.1, -0.05) is 48.5 Å². The van der Waals surface area contributed by atoms with Gasteiger partial charge >= 0.3 is 0 Å². The molecule has 4 nitrogen and oxygen atoms in total. The van der Waals surface area contributed by atoms with Crippen molar-refractivity contribution in [3.8, 4) is 0 Å². The summed E-state index contributed by atoms with van der Waals surface area (Å²) in [4.78, 5) is 13.3. The molecule has 0 spiro atoms. The number of amides is 1. The van der Waals surface area contributed by atoms with Crippen LogP contribution in [0.4, 0.5) is 5.69 Å². The summed E-state index contributed by atoms with van der Waals surface area (Å²) in [5.74, 6) is 0.455. The fourth-order valence-corrected chi connectivity index (χ4v) is 4.08. The van der Waals surface area contributed by atoms with E-state index in [2.05, 4.69) is 47.1 Å². The Kier molecular flexibility index (Phi) is 4.89. The van der Waals surface area contributed by atoms with Crippen LogP contribution in [0.25, 0.3) is 33.5 Å². The molecular weight excluding hydrogens is 384 g/mol. The van der Waals surface area contributed by atoms with Gasteiger partial charge in [0, 0.05) is 34.0 Å². The Balaban J connectivity index is 1.55. The molecule has 0 saturated carbocycles. The minimum atomic E-state index is -0.179. The number of aryl methyl sites for hydroxylation is 1. The van der Waals surface area contributed by atoms with Gasteiger partial charge in [-0.3, -0.25) is 4.79 Å². The third-order valence-corrected chi connectivity index (χ3v) is 5.51. The van der Waals surface area contributed by atoms with Crippen LogP contribution in [-0.4, -0.2) is 10.5 Å². The Labute approximate surface area is 180 Å². The number of nitrogens with one attached hydrogen (secondary N) is 1. The molecule has 0 aliphatic heterocycles. The Morgan fingerprint density at radius 2 is 1.68 bits per heavy atom. The minimum absolute atomic E-state index is 0.179. The lowest BCUT2D eigenvalue weighted by Gasteiger charge is -2.10. The van der Waals surface area contributed by atoms with E-state index >= 15 is 0 Å². The Morgan fingerprint density at radius 3 is 2.45 bits per heavy atom. The highest BCUT2D eigenvalue weighted by Crippen LogP contribution is 2.31. The molecular formula is C27H22N2O2. The van der Waals surface area contributed by atoms with Crippen LogP contribution in [0.5, 0.6) is 0 Å². The van der Waals surface area contributed by atoms with Crippen LogP contribution >= 0.6 is 0 Å². The fourth-order valence-electron chi connectivity index (χ4n) is 4.08. The lowest BCUT2D eigenvalue weighted by Crippen LogP contribution is -2.13. The van der Waals surface area contributed by atoms with E-state index in [0.29, 0.717) is 11.3 Å². The number of anilines is 1. The van der Waals surface area contributed by atoms with Crippen molar-refractivity contribution in [3.63, 3.8) is 0 Å². The number of furan rings is 1. The first-order valence-corrected chi connectivity index (χ1v) is 10.4. The largest absolute Gasteiger partial charge is 0.465 e. The van der Waals surface area contributed by atoms with Crippen molar-refractivity contribution in [3.05, 3.63) is 103 Å². The van der Waals surface area contributed by atoms with Gasteiger partial charge in [0.1, 0.15) is 5.76 Å². The van der Waals surface area contributed by atoms with Crippen molar-refractivity contribution in [1.82, 2.24) is 4.57 Å². The number of hydrogen-bond acceptors (Lipinski definition) is 2. The molecule has 0 unspecified atom stereocenters. The molecule has 5 rings (SSSR count). The molecule has 0 atom stereocenters. The van der Waals surface area contributed by atoms with Gasteiger partial charge in [0.25, 0.3) is 5.91 Å². The second-order valence-electron chi connectivity index (χ2n) is 7.39. The maximum absolute atomic E-state index is 13.3. The van der Waals surface area contributed by atoms with Crippen LogP contribution in [0.1, 0.15) is 18.2 Å². The number of fused-ring (bicyclic) bond motifs is 3. The molecule has 31 heavy (non-hydrogen) atoms. The van der Waals surface area contributed by atoms with E-state index in [0.717, 1.165) is 28.7 Å².